The molecule has 0 fully saturated rings. The summed E-state index contributed by atoms with van der Waals surface area (Å²) in [5.41, 5.74) is 0. The summed E-state index contributed by atoms with van der Waals surface area (Å²) in [6.45, 7) is 5.54. The van der Waals surface area contributed by atoms with E-state index in [2.05, 4.69) is 13.8 Å². The van der Waals surface area contributed by atoms with E-state index >= 15 is 0 Å². The lowest BCUT2D eigenvalue weighted by atomic mass is 10.3. The summed E-state index contributed by atoms with van der Waals surface area (Å²) in [5.74, 6) is 3.06. The van der Waals surface area contributed by atoms with Gasteiger partial charge in [-0.3, -0.25) is 0 Å². The van der Waals surface area contributed by atoms with Crippen molar-refractivity contribution in [1.29, 1.82) is 0 Å². The van der Waals surface area contributed by atoms with Crippen molar-refractivity contribution >= 4 is 11.8 Å². The van der Waals surface area contributed by atoms with Crippen LogP contribution in [0.2, 0.25) is 0 Å². The second-order valence-electron chi connectivity index (χ2n) is 5.68. The smallest absolute Gasteiger partial charge is 0.161 e. The van der Waals surface area contributed by atoms with Gasteiger partial charge in [-0.25, -0.2) is 0 Å². The van der Waals surface area contributed by atoms with Crippen molar-refractivity contribution in [2.45, 2.75) is 24.3 Å². The molecule has 0 aliphatic rings. The Bertz CT molecular complexity index is 592. The van der Waals surface area contributed by atoms with E-state index < -0.39 is 0 Å². The average Bonchev–Trinajstić information content (AvgIpc) is 2.65. The van der Waals surface area contributed by atoms with Crippen LogP contribution >= 0.6 is 11.8 Å². The summed E-state index contributed by atoms with van der Waals surface area (Å²) in [4.78, 5) is 0. The Morgan fingerprint density at radius 1 is 0.680 bits per heavy atom. The molecule has 2 aromatic rings. The van der Waals surface area contributed by atoms with E-state index in [1.807, 2.05) is 60.3 Å². The number of rotatable bonds is 10. The van der Waals surface area contributed by atoms with Gasteiger partial charge in [-0.15, -0.1) is 11.8 Å². The quantitative estimate of drug-likeness (QED) is 0.614. The zero-order valence-corrected chi connectivity index (χ0v) is 16.0. The number of methoxy groups -OCH3 is 2. The number of hydrogen-bond donors (Lipinski definition) is 0. The highest BCUT2D eigenvalue weighted by Gasteiger charge is 2.13. The van der Waals surface area contributed by atoms with E-state index in [-0.39, 0.29) is 0 Å². The molecular weight excluding hydrogens is 336 g/mol. The average molecular weight is 362 g/mol. The SMILES string of the molecule is COc1ccccc1OCC(C)SC(C)COc1ccccc1OC. The molecule has 0 aromatic heterocycles. The van der Waals surface area contributed by atoms with Gasteiger partial charge < -0.3 is 18.9 Å². The van der Waals surface area contributed by atoms with Gasteiger partial charge in [-0.1, -0.05) is 24.3 Å². The lowest BCUT2D eigenvalue weighted by Crippen LogP contribution is -2.18. The number of ether oxygens (including phenoxy) is 4. The van der Waals surface area contributed by atoms with Crippen molar-refractivity contribution in [2.24, 2.45) is 0 Å². The van der Waals surface area contributed by atoms with Crippen LogP contribution in [0.25, 0.3) is 0 Å². The molecule has 0 saturated carbocycles. The third-order valence-corrected chi connectivity index (χ3v) is 4.75. The molecule has 0 aliphatic carbocycles. The molecule has 5 heteroatoms. The van der Waals surface area contributed by atoms with Crippen molar-refractivity contribution in [3.05, 3.63) is 48.5 Å². The molecule has 0 N–H and O–H groups in total. The number of benzene rings is 2. The zero-order chi connectivity index (χ0) is 18.1. The highest BCUT2D eigenvalue weighted by molar-refractivity contribution is 8.00. The molecule has 0 saturated heterocycles. The maximum Gasteiger partial charge on any atom is 0.161 e. The van der Waals surface area contributed by atoms with Gasteiger partial charge in [0.05, 0.1) is 27.4 Å². The Hall–Kier alpha value is -2.01. The minimum absolute atomic E-state index is 0.334. The predicted octanol–water partition coefficient (Wildman–Crippen LogP) is 4.67. The van der Waals surface area contributed by atoms with E-state index in [1.54, 1.807) is 14.2 Å². The molecule has 2 rings (SSSR count). The molecule has 0 aliphatic heterocycles. The third-order valence-electron chi connectivity index (χ3n) is 3.55. The van der Waals surface area contributed by atoms with Gasteiger partial charge in [0.2, 0.25) is 0 Å². The Morgan fingerprint density at radius 3 is 1.40 bits per heavy atom. The Balaban J connectivity index is 1.77. The predicted molar refractivity (Wildman–Crippen MR) is 103 cm³/mol. The Labute approximate surface area is 154 Å². The molecule has 0 heterocycles. The Kier molecular flexibility index (Phi) is 7.79. The van der Waals surface area contributed by atoms with E-state index in [9.17, 15) is 0 Å². The molecule has 0 bridgehead atoms. The van der Waals surface area contributed by atoms with Crippen LogP contribution in [0.1, 0.15) is 13.8 Å². The normalized spacial score (nSPS) is 13.0. The summed E-state index contributed by atoms with van der Waals surface area (Å²) >= 11 is 1.83. The first-order valence-electron chi connectivity index (χ1n) is 8.31. The largest absolute Gasteiger partial charge is 0.493 e. The molecule has 136 valence electrons. The second kappa shape index (κ2) is 10.1. The van der Waals surface area contributed by atoms with Crippen LogP contribution in [0.4, 0.5) is 0 Å². The van der Waals surface area contributed by atoms with Crippen molar-refractivity contribution in [3.63, 3.8) is 0 Å². The first-order valence-corrected chi connectivity index (χ1v) is 9.25. The van der Waals surface area contributed by atoms with Crippen molar-refractivity contribution in [2.75, 3.05) is 27.4 Å². The molecule has 0 radical (unpaired) electrons. The summed E-state index contributed by atoms with van der Waals surface area (Å²) in [5, 5.41) is 0.669. The number of thioether (sulfide) groups is 1. The maximum atomic E-state index is 5.88. The number of para-hydroxylation sites is 4. The molecule has 4 nitrogen and oxygen atoms in total. The van der Waals surface area contributed by atoms with Gasteiger partial charge in [-0.05, 0) is 38.1 Å². The first-order chi connectivity index (χ1) is 12.1. The minimum Gasteiger partial charge on any atom is -0.493 e. The standard InChI is InChI=1S/C20H26O4S/c1-15(13-23-19-11-7-5-9-17(19)21-3)25-16(2)14-24-20-12-8-6-10-18(20)22-4/h5-12,15-16H,13-14H2,1-4H3. The van der Waals surface area contributed by atoms with Crippen LogP contribution in [0.3, 0.4) is 0 Å². The zero-order valence-electron chi connectivity index (χ0n) is 15.2. The van der Waals surface area contributed by atoms with Crippen LogP contribution < -0.4 is 18.9 Å². The van der Waals surface area contributed by atoms with Crippen LogP contribution in [0.15, 0.2) is 48.5 Å². The monoisotopic (exact) mass is 362 g/mol. The minimum atomic E-state index is 0.334. The molecule has 2 aromatic carbocycles. The molecule has 0 spiro atoms. The highest BCUT2D eigenvalue weighted by Crippen LogP contribution is 2.29. The van der Waals surface area contributed by atoms with Gasteiger partial charge >= 0.3 is 0 Å². The molecule has 25 heavy (non-hydrogen) atoms. The summed E-state index contributed by atoms with van der Waals surface area (Å²) in [6, 6.07) is 15.4. The third kappa shape index (κ3) is 6.09. The summed E-state index contributed by atoms with van der Waals surface area (Å²) in [6.07, 6.45) is 0. The Morgan fingerprint density at radius 2 is 1.04 bits per heavy atom. The lowest BCUT2D eigenvalue weighted by Gasteiger charge is -2.19. The van der Waals surface area contributed by atoms with Gasteiger partial charge in [0.15, 0.2) is 23.0 Å². The van der Waals surface area contributed by atoms with Crippen LogP contribution in [0, 0.1) is 0 Å². The maximum absolute atomic E-state index is 5.88. The lowest BCUT2D eigenvalue weighted by molar-refractivity contribution is 0.292. The van der Waals surface area contributed by atoms with E-state index in [1.165, 1.54) is 0 Å². The van der Waals surface area contributed by atoms with Crippen LogP contribution in [0.5, 0.6) is 23.0 Å². The molecular formula is C20H26O4S. The number of hydrogen-bond acceptors (Lipinski definition) is 5. The van der Waals surface area contributed by atoms with Crippen LogP contribution in [-0.2, 0) is 0 Å². The van der Waals surface area contributed by atoms with Crippen molar-refractivity contribution in [3.8, 4) is 23.0 Å². The van der Waals surface area contributed by atoms with Gasteiger partial charge in [0, 0.05) is 10.5 Å². The molecule has 0 amide bonds. The fourth-order valence-corrected chi connectivity index (χ4v) is 3.45. The van der Waals surface area contributed by atoms with E-state index in [4.69, 9.17) is 18.9 Å². The summed E-state index contributed by atoms with van der Waals surface area (Å²) < 4.78 is 22.4. The van der Waals surface area contributed by atoms with Crippen molar-refractivity contribution in [1.82, 2.24) is 0 Å². The highest BCUT2D eigenvalue weighted by atomic mass is 32.2. The van der Waals surface area contributed by atoms with E-state index in [0.29, 0.717) is 23.7 Å². The first kappa shape index (κ1) is 19.3. The van der Waals surface area contributed by atoms with E-state index in [0.717, 1.165) is 23.0 Å². The summed E-state index contributed by atoms with van der Waals surface area (Å²) in [7, 11) is 3.30. The molecule has 2 atom stereocenters. The molecule has 2 unspecified atom stereocenters. The fraction of sp³-hybridized carbons (Fsp3) is 0.400. The second-order valence-corrected chi connectivity index (χ2v) is 7.56. The van der Waals surface area contributed by atoms with Crippen LogP contribution in [-0.4, -0.2) is 37.9 Å². The van der Waals surface area contributed by atoms with Crippen molar-refractivity contribution < 1.29 is 18.9 Å². The van der Waals surface area contributed by atoms with Gasteiger partial charge in [0.1, 0.15) is 0 Å². The topological polar surface area (TPSA) is 36.9 Å². The van der Waals surface area contributed by atoms with Gasteiger partial charge in [0.25, 0.3) is 0 Å². The fourth-order valence-electron chi connectivity index (χ4n) is 2.37. The van der Waals surface area contributed by atoms with Gasteiger partial charge in [-0.2, -0.15) is 0 Å².